The highest BCUT2D eigenvalue weighted by Gasteiger charge is 2.24. The van der Waals surface area contributed by atoms with Gasteiger partial charge in [0.2, 0.25) is 5.91 Å². The lowest BCUT2D eigenvalue weighted by Gasteiger charge is -2.24. The molecule has 0 aliphatic rings. The van der Waals surface area contributed by atoms with Gasteiger partial charge in [0.25, 0.3) is 0 Å². The number of unbranched alkanes of at least 4 members (excludes halogenated alkanes) is 23. The Balaban J connectivity index is 4.61. The zero-order valence-corrected chi connectivity index (χ0v) is 34.0. The predicted octanol–water partition coefficient (Wildman–Crippen LogP) is 12.4. The van der Waals surface area contributed by atoms with Crippen LogP contribution in [0.5, 0.6) is 0 Å². The van der Waals surface area contributed by atoms with Crippen molar-refractivity contribution in [1.82, 2.24) is 5.32 Å². The average Bonchev–Trinajstić information content (AvgIpc) is 3.12. The molecule has 3 N–H and O–H groups in total. The lowest BCUT2D eigenvalue weighted by atomic mass is 10.0. The van der Waals surface area contributed by atoms with Crippen LogP contribution in [0.3, 0.4) is 0 Å². The number of carbonyl (C=O) groups is 2. The maximum Gasteiger partial charge on any atom is 0.306 e. The van der Waals surface area contributed by atoms with Crippen LogP contribution in [0.15, 0.2) is 24.3 Å². The Morgan fingerprint density at radius 3 is 1.59 bits per heavy atom. The fourth-order valence-electron chi connectivity index (χ4n) is 6.70. The first-order valence-electron chi connectivity index (χ1n) is 22.1. The minimum Gasteiger partial charge on any atom is -0.462 e. The van der Waals surface area contributed by atoms with Crippen LogP contribution in [-0.2, 0) is 14.3 Å². The number of esters is 1. The maximum atomic E-state index is 13.1. The van der Waals surface area contributed by atoms with Gasteiger partial charge in [0, 0.05) is 6.42 Å². The third kappa shape index (κ3) is 35.2. The van der Waals surface area contributed by atoms with Gasteiger partial charge in [0.15, 0.2) is 0 Å². The molecule has 0 heterocycles. The molecule has 0 rings (SSSR count). The molecule has 6 nitrogen and oxygen atoms in total. The molecule has 300 valence electrons. The van der Waals surface area contributed by atoms with Crippen LogP contribution < -0.4 is 5.32 Å². The molecule has 0 bridgehead atoms. The first-order chi connectivity index (χ1) is 25.0. The zero-order chi connectivity index (χ0) is 37.5. The van der Waals surface area contributed by atoms with E-state index in [-0.39, 0.29) is 24.9 Å². The number of amides is 1. The topological polar surface area (TPSA) is 95.9 Å². The molecule has 51 heavy (non-hydrogen) atoms. The molecule has 3 unspecified atom stereocenters. The molecule has 0 spiro atoms. The van der Waals surface area contributed by atoms with Crippen molar-refractivity contribution in [3.05, 3.63) is 24.3 Å². The van der Waals surface area contributed by atoms with Gasteiger partial charge in [-0.05, 0) is 51.4 Å². The molecule has 0 saturated carbocycles. The first-order valence-corrected chi connectivity index (χ1v) is 22.1. The van der Waals surface area contributed by atoms with Crippen LogP contribution >= 0.6 is 0 Å². The van der Waals surface area contributed by atoms with E-state index in [9.17, 15) is 19.8 Å². The van der Waals surface area contributed by atoms with Crippen LogP contribution in [-0.4, -0.2) is 46.9 Å². The Morgan fingerprint density at radius 2 is 1.06 bits per heavy atom. The fraction of sp³-hybridized carbons (Fsp3) is 0.867. The second-order valence-corrected chi connectivity index (χ2v) is 15.1. The van der Waals surface area contributed by atoms with Gasteiger partial charge in [-0.25, -0.2) is 0 Å². The maximum absolute atomic E-state index is 13.1. The van der Waals surface area contributed by atoms with E-state index < -0.39 is 18.2 Å². The van der Waals surface area contributed by atoms with Crippen molar-refractivity contribution in [2.75, 3.05) is 6.61 Å². The number of ether oxygens (including phenoxy) is 1. The molecule has 0 aromatic heterocycles. The van der Waals surface area contributed by atoms with Gasteiger partial charge in [0.1, 0.15) is 6.10 Å². The normalized spacial score (nSPS) is 13.6. The highest BCUT2D eigenvalue weighted by atomic mass is 16.5. The Kier molecular flexibility index (Phi) is 38.3. The lowest BCUT2D eigenvalue weighted by molar-refractivity contribution is -0.151. The van der Waals surface area contributed by atoms with Gasteiger partial charge in [-0.15, -0.1) is 0 Å². The van der Waals surface area contributed by atoms with Gasteiger partial charge in [-0.3, -0.25) is 9.59 Å². The second-order valence-electron chi connectivity index (χ2n) is 15.1. The Hall–Kier alpha value is -1.66. The minimum absolute atomic E-state index is 0.0719. The summed E-state index contributed by atoms with van der Waals surface area (Å²) in [6.45, 7) is 6.33. The van der Waals surface area contributed by atoms with E-state index in [0.29, 0.717) is 19.3 Å². The molecule has 3 atom stereocenters. The summed E-state index contributed by atoms with van der Waals surface area (Å²) in [4.78, 5) is 25.9. The SMILES string of the molecule is CC/C=C/C/C=C/CCCCCCCC(CC(=O)NC(CO)C(O)CCCCCCCCCCC)OC(=O)CCCCCCCCCCCCC. The summed E-state index contributed by atoms with van der Waals surface area (Å²) in [5.74, 6) is -0.485. The predicted molar refractivity (Wildman–Crippen MR) is 218 cm³/mol. The van der Waals surface area contributed by atoms with Gasteiger partial charge in [-0.2, -0.15) is 0 Å². The molecular weight excluding hydrogens is 634 g/mol. The third-order valence-corrected chi connectivity index (χ3v) is 10.0. The van der Waals surface area contributed by atoms with Gasteiger partial charge < -0.3 is 20.3 Å². The molecular formula is C45H85NO5. The summed E-state index contributed by atoms with van der Waals surface area (Å²) in [6, 6.07) is -0.698. The zero-order valence-electron chi connectivity index (χ0n) is 34.0. The van der Waals surface area contributed by atoms with Crippen LogP contribution in [0.4, 0.5) is 0 Å². The molecule has 0 fully saturated rings. The minimum atomic E-state index is -0.784. The fourth-order valence-corrected chi connectivity index (χ4v) is 6.70. The number of rotatable bonds is 39. The molecule has 0 radical (unpaired) electrons. The van der Waals surface area contributed by atoms with Crippen molar-refractivity contribution in [2.45, 2.75) is 244 Å². The number of carbonyl (C=O) groups excluding carboxylic acids is 2. The molecule has 0 saturated heterocycles. The average molecular weight is 720 g/mol. The smallest absolute Gasteiger partial charge is 0.306 e. The highest BCUT2D eigenvalue weighted by Crippen LogP contribution is 2.17. The Labute approximate surface area is 316 Å². The quantitative estimate of drug-likeness (QED) is 0.0334. The van der Waals surface area contributed by atoms with E-state index >= 15 is 0 Å². The van der Waals surface area contributed by atoms with E-state index in [4.69, 9.17) is 4.74 Å². The van der Waals surface area contributed by atoms with Crippen molar-refractivity contribution in [2.24, 2.45) is 0 Å². The summed E-state index contributed by atoms with van der Waals surface area (Å²) < 4.78 is 5.88. The first kappa shape index (κ1) is 49.3. The summed E-state index contributed by atoms with van der Waals surface area (Å²) in [5.41, 5.74) is 0. The Morgan fingerprint density at radius 1 is 0.588 bits per heavy atom. The van der Waals surface area contributed by atoms with Crippen LogP contribution in [0.25, 0.3) is 0 Å². The summed E-state index contributed by atoms with van der Waals surface area (Å²) in [7, 11) is 0. The summed E-state index contributed by atoms with van der Waals surface area (Å²) in [6.07, 6.45) is 42.4. The van der Waals surface area contributed by atoms with Crippen molar-refractivity contribution < 1.29 is 24.5 Å². The van der Waals surface area contributed by atoms with Gasteiger partial charge in [-0.1, -0.05) is 186 Å². The van der Waals surface area contributed by atoms with Gasteiger partial charge in [0.05, 0.1) is 25.2 Å². The molecule has 0 aromatic rings. The molecule has 0 aliphatic heterocycles. The number of allylic oxidation sites excluding steroid dienone is 4. The standard InChI is InChI=1S/C45H85NO5/c1-4-7-10-13-16-19-21-23-25-27-30-33-36-41(51-45(50)38-35-32-29-26-22-20-17-14-11-8-5-2)39-44(49)46-42(40-47)43(48)37-34-31-28-24-18-15-12-9-6-3/h7,10,16,19,41-43,47-48H,4-6,8-9,11-15,17-18,20-40H2,1-3H3,(H,46,49)/b10-7+,19-16+. The lowest BCUT2D eigenvalue weighted by Crippen LogP contribution is -2.46. The van der Waals surface area contributed by atoms with Crippen molar-refractivity contribution in [3.8, 4) is 0 Å². The van der Waals surface area contributed by atoms with Crippen LogP contribution in [0.1, 0.15) is 226 Å². The van der Waals surface area contributed by atoms with E-state index in [0.717, 1.165) is 77.0 Å². The third-order valence-electron chi connectivity index (χ3n) is 10.0. The summed E-state index contributed by atoms with van der Waals surface area (Å²) >= 11 is 0. The van der Waals surface area contributed by atoms with E-state index in [2.05, 4.69) is 50.4 Å². The van der Waals surface area contributed by atoms with Crippen molar-refractivity contribution in [1.29, 1.82) is 0 Å². The van der Waals surface area contributed by atoms with Crippen LogP contribution in [0, 0.1) is 0 Å². The number of hydrogen-bond acceptors (Lipinski definition) is 5. The van der Waals surface area contributed by atoms with E-state index in [1.54, 1.807) is 0 Å². The van der Waals surface area contributed by atoms with E-state index in [1.807, 2.05) is 0 Å². The van der Waals surface area contributed by atoms with Gasteiger partial charge >= 0.3 is 5.97 Å². The largest absolute Gasteiger partial charge is 0.462 e. The monoisotopic (exact) mass is 720 g/mol. The second kappa shape index (κ2) is 39.5. The van der Waals surface area contributed by atoms with E-state index in [1.165, 1.54) is 103 Å². The van der Waals surface area contributed by atoms with Crippen LogP contribution in [0.2, 0.25) is 0 Å². The molecule has 1 amide bonds. The Bertz CT molecular complexity index is 812. The molecule has 0 aliphatic carbocycles. The molecule has 6 heteroatoms. The number of aliphatic hydroxyl groups excluding tert-OH is 2. The summed E-state index contributed by atoms with van der Waals surface area (Å²) in [5, 5.41) is 23.5. The number of hydrogen-bond donors (Lipinski definition) is 3. The van der Waals surface area contributed by atoms with Crippen molar-refractivity contribution >= 4 is 11.9 Å². The highest BCUT2D eigenvalue weighted by molar-refractivity contribution is 5.77. The number of nitrogens with one attached hydrogen (secondary N) is 1. The van der Waals surface area contributed by atoms with Crippen molar-refractivity contribution in [3.63, 3.8) is 0 Å². The number of aliphatic hydroxyl groups is 2. The molecule has 0 aromatic carbocycles.